The lowest BCUT2D eigenvalue weighted by Crippen LogP contribution is -1.95. The molecule has 0 rings (SSSR count). The third kappa shape index (κ3) is 10.2. The van der Waals surface area contributed by atoms with E-state index >= 15 is 0 Å². The molecular weight excluding hydrogens is 139 g/mol. The largest absolute Gasteiger partial charge is 0.397 e. The zero-order valence-corrected chi connectivity index (χ0v) is 6.06. The molecule has 1 N–H and O–H groups in total. The highest BCUT2D eigenvalue weighted by Crippen LogP contribution is 1.89. The van der Waals surface area contributed by atoms with Crippen molar-refractivity contribution in [3.63, 3.8) is 0 Å². The Hall–Kier alpha value is -0.900. The molecule has 0 fully saturated rings. The van der Waals surface area contributed by atoms with Crippen molar-refractivity contribution in [3.8, 4) is 0 Å². The number of hydrogen-bond acceptors (Lipinski definition) is 3. The molecule has 0 saturated heterocycles. The summed E-state index contributed by atoms with van der Waals surface area (Å²) < 4.78 is 10.7. The fourth-order valence-electron chi connectivity index (χ4n) is 0.0659. The summed E-state index contributed by atoms with van der Waals surface area (Å²) in [7, 11) is 0. The molecule has 0 aromatic heterocycles. The lowest BCUT2D eigenvalue weighted by molar-refractivity contribution is -0.178. The predicted octanol–water partition coefficient (Wildman–Crippen LogP) is 0.989. The maximum absolute atomic E-state index is 10.7. The van der Waals surface area contributed by atoms with Crippen molar-refractivity contribution >= 4 is 5.97 Å². The molecule has 0 saturated carbocycles. The Morgan fingerprint density at radius 2 is 2.10 bits per heavy atom. The normalized spacial score (nSPS) is 7.20. The Balaban J connectivity index is 0. The molecule has 0 aromatic carbocycles. The minimum atomic E-state index is -1.01. The molecule has 0 atom stereocenters. The maximum atomic E-state index is 10.7. The van der Waals surface area contributed by atoms with Gasteiger partial charge in [-0.15, -0.1) is 0 Å². The standard InChI is InChI=1S/C4H5FO2.C2H6O/c1-3(2)4(6)7-5;1-2-3/h1H2,2H3;3H,2H2,1H3. The van der Waals surface area contributed by atoms with Crippen LogP contribution in [0.15, 0.2) is 12.2 Å². The Morgan fingerprint density at radius 3 is 2.10 bits per heavy atom. The highest BCUT2D eigenvalue weighted by atomic mass is 19.3. The summed E-state index contributed by atoms with van der Waals surface area (Å²) in [6, 6.07) is 0. The number of carbonyl (C=O) groups is 1. The molecule has 0 aliphatic rings. The lowest BCUT2D eigenvalue weighted by atomic mass is 10.4. The van der Waals surface area contributed by atoms with Gasteiger partial charge < -0.3 is 5.11 Å². The van der Waals surface area contributed by atoms with Gasteiger partial charge in [0.25, 0.3) is 0 Å². The van der Waals surface area contributed by atoms with Crippen molar-refractivity contribution in [1.82, 2.24) is 0 Å². The Morgan fingerprint density at radius 1 is 1.80 bits per heavy atom. The molecule has 0 aliphatic carbocycles. The molecule has 3 nitrogen and oxygen atoms in total. The van der Waals surface area contributed by atoms with Gasteiger partial charge in [0.05, 0.1) is 0 Å². The molecule has 0 bridgehead atoms. The van der Waals surface area contributed by atoms with Crippen LogP contribution in [0.4, 0.5) is 4.53 Å². The Labute approximate surface area is 59.0 Å². The molecule has 0 radical (unpaired) electrons. The van der Waals surface area contributed by atoms with Gasteiger partial charge in [0.15, 0.2) is 0 Å². The SMILES string of the molecule is C=C(C)C(=O)OF.CCO. The van der Waals surface area contributed by atoms with Gasteiger partial charge >= 0.3 is 5.97 Å². The van der Waals surface area contributed by atoms with E-state index in [2.05, 4.69) is 11.5 Å². The first-order valence-corrected chi connectivity index (χ1v) is 2.69. The summed E-state index contributed by atoms with van der Waals surface area (Å²) in [5, 5.41) is 7.57. The van der Waals surface area contributed by atoms with Gasteiger partial charge in [-0.1, -0.05) is 6.58 Å². The van der Waals surface area contributed by atoms with Crippen molar-refractivity contribution in [2.45, 2.75) is 13.8 Å². The van der Waals surface area contributed by atoms with Crippen molar-refractivity contribution in [1.29, 1.82) is 0 Å². The van der Waals surface area contributed by atoms with Gasteiger partial charge in [-0.05, 0) is 13.8 Å². The van der Waals surface area contributed by atoms with E-state index in [1.54, 1.807) is 6.92 Å². The van der Waals surface area contributed by atoms with Crippen LogP contribution < -0.4 is 0 Å². The third-order valence-corrected chi connectivity index (χ3v) is 0.419. The first-order chi connectivity index (χ1) is 4.59. The minimum absolute atomic E-state index is 0.0579. The molecular formula is C6H11FO3. The highest BCUT2D eigenvalue weighted by molar-refractivity contribution is 5.86. The number of halogens is 1. The van der Waals surface area contributed by atoms with Crippen LogP contribution in [0.5, 0.6) is 0 Å². The van der Waals surface area contributed by atoms with E-state index < -0.39 is 5.97 Å². The summed E-state index contributed by atoms with van der Waals surface area (Å²) in [4.78, 5) is 12.6. The van der Waals surface area contributed by atoms with E-state index in [-0.39, 0.29) is 12.2 Å². The van der Waals surface area contributed by atoms with Gasteiger partial charge in [0, 0.05) is 16.7 Å². The molecule has 0 aliphatic heterocycles. The van der Waals surface area contributed by atoms with Crippen molar-refractivity contribution < 1.29 is 19.4 Å². The molecule has 0 aromatic rings. The molecule has 60 valence electrons. The third-order valence-electron chi connectivity index (χ3n) is 0.419. The zero-order chi connectivity index (χ0) is 8.57. The fraction of sp³-hybridized carbons (Fsp3) is 0.500. The molecule has 0 heterocycles. The van der Waals surface area contributed by atoms with E-state index in [0.29, 0.717) is 0 Å². The lowest BCUT2D eigenvalue weighted by Gasteiger charge is -1.84. The number of aliphatic hydroxyl groups is 1. The van der Waals surface area contributed by atoms with E-state index in [9.17, 15) is 9.32 Å². The van der Waals surface area contributed by atoms with Gasteiger partial charge in [0.2, 0.25) is 0 Å². The van der Waals surface area contributed by atoms with Crippen molar-refractivity contribution in [2.75, 3.05) is 6.61 Å². The molecule has 4 heteroatoms. The second-order valence-corrected chi connectivity index (χ2v) is 1.46. The van der Waals surface area contributed by atoms with E-state index in [1.807, 2.05) is 0 Å². The Bertz CT molecular complexity index is 112. The average molecular weight is 150 g/mol. The molecule has 0 unspecified atom stereocenters. The number of aliphatic hydroxyl groups excluding tert-OH is 1. The van der Waals surface area contributed by atoms with Gasteiger partial charge in [-0.25, -0.2) is 9.74 Å². The van der Waals surface area contributed by atoms with Crippen LogP contribution in [0.2, 0.25) is 0 Å². The van der Waals surface area contributed by atoms with E-state index in [1.165, 1.54) is 6.92 Å². The van der Waals surface area contributed by atoms with Crippen LogP contribution in [-0.4, -0.2) is 17.7 Å². The van der Waals surface area contributed by atoms with Crippen LogP contribution in [-0.2, 0) is 9.74 Å². The summed E-state index contributed by atoms with van der Waals surface area (Å²) >= 11 is 0. The maximum Gasteiger partial charge on any atom is 0.374 e. The van der Waals surface area contributed by atoms with Gasteiger partial charge in [-0.3, -0.25) is 0 Å². The van der Waals surface area contributed by atoms with Crippen LogP contribution in [0.1, 0.15) is 13.8 Å². The summed E-state index contributed by atoms with van der Waals surface area (Å²) in [5.74, 6) is -1.01. The monoisotopic (exact) mass is 150 g/mol. The average Bonchev–Trinajstić information content (AvgIpc) is 1.88. The van der Waals surface area contributed by atoms with Gasteiger partial charge in [0.1, 0.15) is 0 Å². The van der Waals surface area contributed by atoms with E-state index in [0.717, 1.165) is 0 Å². The van der Waals surface area contributed by atoms with Crippen LogP contribution in [0, 0.1) is 0 Å². The highest BCUT2D eigenvalue weighted by Gasteiger charge is 1.99. The fourth-order valence-corrected chi connectivity index (χ4v) is 0.0659. The summed E-state index contributed by atoms with van der Waals surface area (Å²) in [6.45, 7) is 6.40. The van der Waals surface area contributed by atoms with Crippen molar-refractivity contribution in [3.05, 3.63) is 12.2 Å². The van der Waals surface area contributed by atoms with Crippen LogP contribution in [0.3, 0.4) is 0 Å². The van der Waals surface area contributed by atoms with E-state index in [4.69, 9.17) is 5.11 Å². The first kappa shape index (κ1) is 11.8. The quantitative estimate of drug-likeness (QED) is 0.567. The second kappa shape index (κ2) is 8.10. The molecule has 10 heavy (non-hydrogen) atoms. The first-order valence-electron chi connectivity index (χ1n) is 2.69. The topological polar surface area (TPSA) is 46.5 Å². The number of rotatable bonds is 1. The molecule has 0 spiro atoms. The van der Waals surface area contributed by atoms with Crippen molar-refractivity contribution in [2.24, 2.45) is 0 Å². The minimum Gasteiger partial charge on any atom is -0.397 e. The smallest absolute Gasteiger partial charge is 0.374 e. The van der Waals surface area contributed by atoms with Crippen LogP contribution in [0.25, 0.3) is 0 Å². The van der Waals surface area contributed by atoms with Crippen LogP contribution >= 0.6 is 0 Å². The Kier molecular flexibility index (Phi) is 9.59. The summed E-state index contributed by atoms with van der Waals surface area (Å²) in [6.07, 6.45) is 0. The second-order valence-electron chi connectivity index (χ2n) is 1.46. The zero-order valence-electron chi connectivity index (χ0n) is 6.06. The predicted molar refractivity (Wildman–Crippen MR) is 34.8 cm³/mol. The number of hydrogen-bond donors (Lipinski definition) is 1. The number of carbonyl (C=O) groups excluding carboxylic acids is 1. The summed E-state index contributed by atoms with van der Waals surface area (Å²) in [5.41, 5.74) is 0.0579. The van der Waals surface area contributed by atoms with Gasteiger partial charge in [-0.2, -0.15) is 0 Å². The molecule has 0 amide bonds.